The Labute approximate surface area is 210 Å². The second-order valence-electron chi connectivity index (χ2n) is 8.57. The van der Waals surface area contributed by atoms with Crippen molar-refractivity contribution in [3.63, 3.8) is 0 Å². The number of aromatic hydroxyl groups is 3. The van der Waals surface area contributed by atoms with Crippen molar-refractivity contribution < 1.29 is 111 Å². The highest BCUT2D eigenvalue weighted by atomic mass is 16.9. The average Bonchev–Trinajstić information content (AvgIpc) is 2.92. The predicted molar refractivity (Wildman–Crippen MR) is 101 cm³/mol. The number of phenols is 3. The van der Waals surface area contributed by atoms with Crippen LogP contribution in [0.2, 0.25) is 0 Å². The topological polar surface area (TPSA) is 432 Å². The molecule has 0 aromatic heterocycles. The van der Waals surface area contributed by atoms with E-state index in [1.807, 2.05) is 0 Å². The molecule has 20 N–H and O–H groups in total. The van der Waals surface area contributed by atoms with E-state index in [1.54, 1.807) is 0 Å². The molecule has 1 amide bonds. The molecular weight excluding hydrogens is 558 g/mol. The molecule has 1 aliphatic carbocycles. The maximum Gasteiger partial charge on any atom is 0.453 e. The summed E-state index contributed by atoms with van der Waals surface area (Å²) >= 11 is 0. The van der Waals surface area contributed by atoms with E-state index >= 15 is 0 Å². The minimum absolute atomic E-state index is 1.14. The number of carbonyl (C=O) groups excluding carboxylic acids is 1. The van der Waals surface area contributed by atoms with Crippen molar-refractivity contribution >= 4 is 5.91 Å². The summed E-state index contributed by atoms with van der Waals surface area (Å²) in [7, 11) is 0. The molecule has 1 saturated carbocycles. The molecule has 1 aromatic carbocycles. The summed E-state index contributed by atoms with van der Waals surface area (Å²) in [4.78, 5) is 11.8. The summed E-state index contributed by atoms with van der Waals surface area (Å²) < 4.78 is 8.19. The van der Waals surface area contributed by atoms with Crippen LogP contribution >= 0.6 is 0 Å². The van der Waals surface area contributed by atoms with E-state index < -0.39 is 92.9 Å². The van der Waals surface area contributed by atoms with E-state index in [2.05, 4.69) is 9.47 Å². The highest BCUT2D eigenvalue weighted by Gasteiger charge is 2.93. The molecule has 2 aliphatic rings. The Morgan fingerprint density at radius 1 is 0.641 bits per heavy atom. The van der Waals surface area contributed by atoms with Gasteiger partial charge in [-0.2, -0.15) is 0 Å². The van der Waals surface area contributed by atoms with Crippen LogP contribution in [0.25, 0.3) is 0 Å². The molecule has 39 heavy (non-hydrogen) atoms. The van der Waals surface area contributed by atoms with Crippen molar-refractivity contribution in [3.05, 3.63) is 5.56 Å². The van der Waals surface area contributed by atoms with Crippen molar-refractivity contribution in [1.29, 1.82) is 0 Å². The molecule has 1 aliphatic heterocycles. The lowest BCUT2D eigenvalue weighted by Gasteiger charge is -2.40. The minimum atomic E-state index is -5.14. The fourth-order valence-corrected chi connectivity index (χ4v) is 3.92. The third-order valence-corrected chi connectivity index (χ3v) is 5.99. The molecule has 1 unspecified atom stereocenters. The van der Waals surface area contributed by atoms with Crippen LogP contribution in [0, 0.1) is 0 Å². The number of nitrogens with one attached hydrogen (secondary N) is 1. The van der Waals surface area contributed by atoms with Gasteiger partial charge < -0.3 is 106 Å². The van der Waals surface area contributed by atoms with Crippen molar-refractivity contribution in [1.82, 2.24) is 5.32 Å². The second kappa shape index (κ2) is 7.83. The van der Waals surface area contributed by atoms with Gasteiger partial charge in [0.15, 0.2) is 11.5 Å². The molecule has 0 radical (unpaired) electrons. The highest BCUT2D eigenvalue weighted by Crippen LogP contribution is 2.61. The van der Waals surface area contributed by atoms with Gasteiger partial charge >= 0.3 is 11.9 Å². The fourth-order valence-electron chi connectivity index (χ4n) is 3.92. The number of benzene rings is 1. The maximum absolute atomic E-state index is 11.8. The first-order chi connectivity index (χ1) is 17.0. The molecule has 0 spiro atoms. The Balaban J connectivity index is 2.44. The van der Waals surface area contributed by atoms with Crippen LogP contribution < -0.4 is 14.8 Å². The van der Waals surface area contributed by atoms with E-state index in [0.717, 1.165) is 5.32 Å². The highest BCUT2D eigenvalue weighted by molar-refractivity contribution is 5.89. The molecule has 1 heterocycles. The van der Waals surface area contributed by atoms with Crippen molar-refractivity contribution in [3.8, 4) is 28.7 Å². The standard InChI is InChI=1S/C16H21NO22/c18-2-1(7-9(22,23)8(21)17-10(7,24)25)3(19)5(6(4(2)20)39-16(35,36)37)38-15(34)13(30,31)11(26,27)12(28,29)14(15,32)33/h7,18-20,22-37H,(H,17,21). The normalized spacial score (nSPS) is 27.2. The SMILES string of the molecule is O=C1NC(O)(O)C(c2c(O)c(O)c(OC(O)(O)O)c(OC3(O)C(O)(O)C(O)(O)C(O)(O)C3(O)O)c2O)C1(O)O. The lowest BCUT2D eigenvalue weighted by atomic mass is 9.87. The van der Waals surface area contributed by atoms with Crippen LogP contribution in [-0.2, 0) is 4.79 Å². The van der Waals surface area contributed by atoms with E-state index in [4.69, 9.17) is 15.3 Å². The fraction of sp³-hybridized carbons (Fsp3) is 0.562. The molecule has 1 saturated heterocycles. The Hall–Kier alpha value is -2.95. The Kier molecular flexibility index (Phi) is 6.14. The summed E-state index contributed by atoms with van der Waals surface area (Å²) in [5, 5.41) is 189. The van der Waals surface area contributed by atoms with Crippen LogP contribution in [0.1, 0.15) is 11.5 Å². The van der Waals surface area contributed by atoms with E-state index in [1.165, 1.54) is 0 Å². The van der Waals surface area contributed by atoms with Gasteiger partial charge in [0.05, 0.1) is 5.56 Å². The van der Waals surface area contributed by atoms with Gasteiger partial charge in [-0.15, -0.1) is 0 Å². The van der Waals surface area contributed by atoms with Gasteiger partial charge in [-0.05, 0) is 0 Å². The molecule has 3 rings (SSSR count). The molecule has 222 valence electrons. The van der Waals surface area contributed by atoms with E-state index in [-0.39, 0.29) is 0 Å². The van der Waals surface area contributed by atoms with Crippen molar-refractivity contribution in [2.45, 2.75) is 52.7 Å². The number of hydrogen-bond acceptors (Lipinski definition) is 22. The third kappa shape index (κ3) is 3.61. The first-order valence-corrected chi connectivity index (χ1v) is 9.64. The van der Waals surface area contributed by atoms with Crippen molar-refractivity contribution in [2.75, 3.05) is 0 Å². The summed E-state index contributed by atoms with van der Waals surface area (Å²) in [6.45, 7) is 0. The third-order valence-electron chi connectivity index (χ3n) is 5.99. The predicted octanol–water partition coefficient (Wildman–Crippen LogP) is -10.9. The first kappa shape index (κ1) is 30.6. The minimum Gasteiger partial charge on any atom is -0.504 e. The number of hydrogen-bond donors (Lipinski definition) is 20. The number of phenolic OH excluding ortho intramolecular Hbond substituents is 3. The Morgan fingerprint density at radius 3 is 1.44 bits per heavy atom. The van der Waals surface area contributed by atoms with Gasteiger partial charge in [-0.25, -0.2) is 0 Å². The Morgan fingerprint density at radius 2 is 1.08 bits per heavy atom. The number of aliphatic hydroxyl groups is 16. The first-order valence-electron chi connectivity index (χ1n) is 9.64. The lowest BCUT2D eigenvalue weighted by molar-refractivity contribution is -0.452. The number of ether oxygens (including phenoxy) is 2. The molecule has 2 fully saturated rings. The van der Waals surface area contributed by atoms with Gasteiger partial charge in [-0.1, -0.05) is 0 Å². The summed E-state index contributed by atoms with van der Waals surface area (Å²) in [6, 6.07) is 0. The molecule has 0 bridgehead atoms. The van der Waals surface area contributed by atoms with Crippen LogP contribution in [0.3, 0.4) is 0 Å². The Bertz CT molecular complexity index is 1180. The summed E-state index contributed by atoms with van der Waals surface area (Å²) in [5.74, 6) is -49.5. The quantitative estimate of drug-likeness (QED) is 0.0874. The molecule has 23 heteroatoms. The number of carbonyl (C=O) groups is 1. The molecular formula is C16H21NO22. The van der Waals surface area contributed by atoms with Gasteiger partial charge in [0, 0.05) is 0 Å². The number of amides is 1. The zero-order chi connectivity index (χ0) is 30.7. The van der Waals surface area contributed by atoms with Crippen LogP contribution in [-0.4, -0.2) is 150 Å². The largest absolute Gasteiger partial charge is 0.504 e. The number of rotatable bonds is 5. The molecule has 1 atom stereocenters. The maximum atomic E-state index is 11.8. The summed E-state index contributed by atoms with van der Waals surface area (Å²) in [6.07, 6.45) is -4.50. The van der Waals surface area contributed by atoms with Crippen LogP contribution in [0.5, 0.6) is 28.7 Å². The van der Waals surface area contributed by atoms with Gasteiger partial charge in [0.1, 0.15) is 5.92 Å². The van der Waals surface area contributed by atoms with E-state index in [0.29, 0.717) is 0 Å². The second-order valence-corrected chi connectivity index (χ2v) is 8.57. The lowest BCUT2D eigenvalue weighted by Crippen LogP contribution is -2.70. The zero-order valence-corrected chi connectivity index (χ0v) is 18.3. The van der Waals surface area contributed by atoms with Crippen molar-refractivity contribution in [2.24, 2.45) is 0 Å². The van der Waals surface area contributed by atoms with Gasteiger partial charge in [0.25, 0.3) is 40.8 Å². The van der Waals surface area contributed by atoms with E-state index in [9.17, 15) is 86.5 Å². The van der Waals surface area contributed by atoms with Crippen LogP contribution in [0.15, 0.2) is 0 Å². The van der Waals surface area contributed by atoms with Gasteiger partial charge in [-0.3, -0.25) is 10.1 Å². The smallest absolute Gasteiger partial charge is 0.453 e. The zero-order valence-electron chi connectivity index (χ0n) is 18.3. The molecule has 23 nitrogen and oxygen atoms in total. The average molecular weight is 579 g/mol. The monoisotopic (exact) mass is 579 g/mol. The van der Waals surface area contributed by atoms with Crippen LogP contribution in [0.4, 0.5) is 0 Å². The van der Waals surface area contributed by atoms with Gasteiger partial charge in [0.2, 0.25) is 17.2 Å². The molecule has 1 aromatic rings. The summed E-state index contributed by atoms with van der Waals surface area (Å²) in [5.41, 5.74) is -1.87.